The molecule has 2 saturated heterocycles. The molecule has 22 heavy (non-hydrogen) atoms. The average molecular weight is 304 g/mol. The van der Waals surface area contributed by atoms with Gasteiger partial charge in [-0.25, -0.2) is 0 Å². The number of ether oxygens (including phenoxy) is 1. The Bertz CT molecular complexity index is 463. The van der Waals surface area contributed by atoms with Gasteiger partial charge in [0.15, 0.2) is 0 Å². The van der Waals surface area contributed by atoms with Gasteiger partial charge in [0, 0.05) is 44.6 Å². The van der Waals surface area contributed by atoms with Gasteiger partial charge in [-0.05, 0) is 31.5 Å². The molecule has 1 aromatic carbocycles. The van der Waals surface area contributed by atoms with Gasteiger partial charge >= 0.3 is 0 Å². The fourth-order valence-corrected chi connectivity index (χ4v) is 3.87. The molecule has 0 spiro atoms. The van der Waals surface area contributed by atoms with E-state index in [0.717, 1.165) is 45.3 Å². The Labute approximate surface area is 133 Å². The maximum absolute atomic E-state index is 10.7. The van der Waals surface area contributed by atoms with Crippen molar-refractivity contribution < 1.29 is 9.84 Å². The maximum Gasteiger partial charge on any atom is 0.0817 e. The van der Waals surface area contributed by atoms with E-state index in [1.807, 2.05) is 0 Å². The molecule has 2 aliphatic heterocycles. The van der Waals surface area contributed by atoms with Crippen molar-refractivity contribution in [1.82, 2.24) is 4.90 Å². The Kier molecular flexibility index (Phi) is 4.83. The quantitative estimate of drug-likeness (QED) is 0.885. The molecule has 2 heterocycles. The SMILES string of the molecule is NCC1(c2ccccc2)CCN(CC2(O)CCOCC2)CC1. The van der Waals surface area contributed by atoms with Crippen molar-refractivity contribution in [2.75, 3.05) is 39.4 Å². The molecule has 0 aromatic heterocycles. The van der Waals surface area contributed by atoms with E-state index in [9.17, 15) is 5.11 Å². The maximum atomic E-state index is 10.7. The summed E-state index contributed by atoms with van der Waals surface area (Å²) >= 11 is 0. The van der Waals surface area contributed by atoms with Crippen LogP contribution in [0, 0.1) is 0 Å². The van der Waals surface area contributed by atoms with Gasteiger partial charge in [0.05, 0.1) is 5.60 Å². The van der Waals surface area contributed by atoms with Crippen molar-refractivity contribution in [3.8, 4) is 0 Å². The molecule has 1 aromatic rings. The zero-order valence-electron chi connectivity index (χ0n) is 13.3. The second-order valence-corrected chi connectivity index (χ2v) is 6.96. The molecule has 3 rings (SSSR count). The topological polar surface area (TPSA) is 58.7 Å². The minimum atomic E-state index is -0.562. The summed E-state index contributed by atoms with van der Waals surface area (Å²) in [6.45, 7) is 4.85. The highest BCUT2D eigenvalue weighted by Crippen LogP contribution is 2.35. The molecule has 4 heteroatoms. The zero-order chi connectivity index (χ0) is 15.5. The van der Waals surface area contributed by atoms with Gasteiger partial charge in [0.1, 0.15) is 0 Å². The molecule has 2 fully saturated rings. The lowest BCUT2D eigenvalue weighted by atomic mass is 9.72. The highest BCUT2D eigenvalue weighted by atomic mass is 16.5. The van der Waals surface area contributed by atoms with Crippen LogP contribution in [0.15, 0.2) is 30.3 Å². The minimum Gasteiger partial charge on any atom is -0.388 e. The molecular formula is C18H28N2O2. The van der Waals surface area contributed by atoms with Gasteiger partial charge in [-0.2, -0.15) is 0 Å². The summed E-state index contributed by atoms with van der Waals surface area (Å²) in [5, 5.41) is 10.7. The lowest BCUT2D eigenvalue weighted by Gasteiger charge is -2.44. The normalized spacial score (nSPS) is 25.0. The Morgan fingerprint density at radius 1 is 1.05 bits per heavy atom. The predicted octanol–water partition coefficient (Wildman–Crippen LogP) is 1.52. The molecule has 0 bridgehead atoms. The zero-order valence-corrected chi connectivity index (χ0v) is 13.3. The van der Waals surface area contributed by atoms with E-state index in [1.54, 1.807) is 0 Å². The van der Waals surface area contributed by atoms with Crippen molar-refractivity contribution in [1.29, 1.82) is 0 Å². The van der Waals surface area contributed by atoms with Crippen molar-refractivity contribution in [3.63, 3.8) is 0 Å². The molecular weight excluding hydrogens is 276 g/mol. The van der Waals surface area contributed by atoms with Crippen LogP contribution in [0.4, 0.5) is 0 Å². The monoisotopic (exact) mass is 304 g/mol. The molecule has 2 aliphatic rings. The van der Waals surface area contributed by atoms with Gasteiger partial charge in [-0.3, -0.25) is 0 Å². The number of nitrogens with zero attached hydrogens (tertiary/aromatic N) is 1. The third-order valence-corrected chi connectivity index (χ3v) is 5.53. The number of β-amino-alcohol motifs (C(OH)–C–C–N with tert-alkyl or cyclic N) is 1. The van der Waals surface area contributed by atoms with E-state index in [2.05, 4.69) is 35.2 Å². The lowest BCUT2D eigenvalue weighted by Crippen LogP contribution is -2.52. The molecule has 0 saturated carbocycles. The van der Waals surface area contributed by atoms with Crippen LogP contribution in [0.25, 0.3) is 0 Å². The smallest absolute Gasteiger partial charge is 0.0817 e. The van der Waals surface area contributed by atoms with Crippen molar-refractivity contribution >= 4 is 0 Å². The third-order valence-electron chi connectivity index (χ3n) is 5.53. The summed E-state index contributed by atoms with van der Waals surface area (Å²) in [7, 11) is 0. The Morgan fingerprint density at radius 2 is 1.68 bits per heavy atom. The van der Waals surface area contributed by atoms with E-state index in [1.165, 1.54) is 5.56 Å². The number of nitrogens with two attached hydrogens (primary N) is 1. The molecule has 4 nitrogen and oxygen atoms in total. The number of hydrogen-bond acceptors (Lipinski definition) is 4. The van der Waals surface area contributed by atoms with E-state index in [4.69, 9.17) is 10.5 Å². The van der Waals surface area contributed by atoms with E-state index >= 15 is 0 Å². The second kappa shape index (κ2) is 6.67. The molecule has 0 radical (unpaired) electrons. The van der Waals surface area contributed by atoms with Gasteiger partial charge < -0.3 is 20.5 Å². The van der Waals surface area contributed by atoms with Crippen LogP contribution < -0.4 is 5.73 Å². The number of aliphatic hydroxyl groups is 1. The standard InChI is InChI=1S/C18H28N2O2/c19-14-17(16-4-2-1-3-5-16)6-10-20(11-7-17)15-18(21)8-12-22-13-9-18/h1-5,21H,6-15,19H2. The molecule has 122 valence electrons. The first-order valence-corrected chi connectivity index (χ1v) is 8.44. The van der Waals surface area contributed by atoms with E-state index in [-0.39, 0.29) is 5.41 Å². The first-order chi connectivity index (χ1) is 10.7. The molecule has 0 unspecified atom stereocenters. The van der Waals surface area contributed by atoms with Gasteiger partial charge in [-0.15, -0.1) is 0 Å². The highest BCUT2D eigenvalue weighted by Gasteiger charge is 2.38. The molecule has 0 amide bonds. The van der Waals surface area contributed by atoms with E-state index < -0.39 is 5.60 Å². The molecule has 0 atom stereocenters. The number of rotatable bonds is 4. The molecule has 0 aliphatic carbocycles. The first kappa shape index (κ1) is 15.9. The average Bonchev–Trinajstić information content (AvgIpc) is 2.57. The summed E-state index contributed by atoms with van der Waals surface area (Å²) in [6.07, 6.45) is 3.65. The molecule has 3 N–H and O–H groups in total. The van der Waals surface area contributed by atoms with Crippen LogP contribution >= 0.6 is 0 Å². The Hall–Kier alpha value is -0.940. The fraction of sp³-hybridized carbons (Fsp3) is 0.667. The summed E-state index contributed by atoms with van der Waals surface area (Å²) in [5.74, 6) is 0. The van der Waals surface area contributed by atoms with Crippen LogP contribution in [-0.4, -0.2) is 55.0 Å². The van der Waals surface area contributed by atoms with Crippen molar-refractivity contribution in [3.05, 3.63) is 35.9 Å². The van der Waals surface area contributed by atoms with Gasteiger partial charge in [0.25, 0.3) is 0 Å². The number of piperidine rings is 1. The number of likely N-dealkylation sites (tertiary alicyclic amines) is 1. The predicted molar refractivity (Wildman–Crippen MR) is 87.9 cm³/mol. The van der Waals surface area contributed by atoms with Gasteiger partial charge in [0.2, 0.25) is 0 Å². The van der Waals surface area contributed by atoms with Crippen molar-refractivity contribution in [2.24, 2.45) is 5.73 Å². The minimum absolute atomic E-state index is 0.107. The van der Waals surface area contributed by atoms with Crippen LogP contribution in [0.2, 0.25) is 0 Å². The first-order valence-electron chi connectivity index (χ1n) is 8.44. The van der Waals surface area contributed by atoms with E-state index in [0.29, 0.717) is 19.8 Å². The van der Waals surface area contributed by atoms with Crippen LogP contribution in [-0.2, 0) is 10.2 Å². The fourth-order valence-electron chi connectivity index (χ4n) is 3.87. The number of benzene rings is 1. The summed E-state index contributed by atoms with van der Waals surface area (Å²) < 4.78 is 5.37. The Balaban J connectivity index is 1.61. The lowest BCUT2D eigenvalue weighted by molar-refractivity contribution is -0.0836. The number of hydrogen-bond donors (Lipinski definition) is 2. The third kappa shape index (κ3) is 3.35. The largest absolute Gasteiger partial charge is 0.388 e. The summed E-state index contributed by atoms with van der Waals surface area (Å²) in [4.78, 5) is 2.40. The van der Waals surface area contributed by atoms with Gasteiger partial charge in [-0.1, -0.05) is 30.3 Å². The Morgan fingerprint density at radius 3 is 2.27 bits per heavy atom. The van der Waals surface area contributed by atoms with Crippen LogP contribution in [0.5, 0.6) is 0 Å². The van der Waals surface area contributed by atoms with Crippen molar-refractivity contribution in [2.45, 2.75) is 36.7 Å². The second-order valence-electron chi connectivity index (χ2n) is 6.96. The summed E-state index contributed by atoms with van der Waals surface area (Å²) in [6, 6.07) is 10.7. The van der Waals surface area contributed by atoms with Crippen LogP contribution in [0.3, 0.4) is 0 Å². The summed E-state index contributed by atoms with van der Waals surface area (Å²) in [5.41, 5.74) is 7.05. The highest BCUT2D eigenvalue weighted by molar-refractivity contribution is 5.26. The van der Waals surface area contributed by atoms with Crippen LogP contribution in [0.1, 0.15) is 31.2 Å².